The average molecular weight is 443 g/mol. The molecule has 5 rings (SSSR count). The van der Waals surface area contributed by atoms with Gasteiger partial charge in [0.2, 0.25) is 5.78 Å². The first-order chi connectivity index (χ1) is 15.6. The second kappa shape index (κ2) is 8.17. The quantitative estimate of drug-likeness (QED) is 0.326. The second-order valence-electron chi connectivity index (χ2n) is 7.03. The van der Waals surface area contributed by atoms with E-state index in [9.17, 15) is 9.59 Å². The van der Waals surface area contributed by atoms with Gasteiger partial charge in [-0.25, -0.2) is 0 Å². The van der Waals surface area contributed by atoms with E-state index in [2.05, 4.69) is 10.5 Å². The largest absolute Gasteiger partial charge is 0.450 e. The van der Waals surface area contributed by atoms with Crippen LogP contribution in [0.4, 0.5) is 5.69 Å². The fourth-order valence-electron chi connectivity index (χ4n) is 3.36. The van der Waals surface area contributed by atoms with Gasteiger partial charge in [-0.05, 0) is 36.4 Å². The first kappa shape index (κ1) is 19.8. The standard InChI is InChI=1S/C25H15ClN2O4/c26-17-12-10-16(11-13-17)23(29)24-22(18-8-4-5-9-20(18)31-24)27-25(30)19-14-21(32-28-19)15-6-2-1-3-7-15/h1-14H,(H,27,30). The van der Waals surface area contributed by atoms with Gasteiger partial charge in [-0.3, -0.25) is 9.59 Å². The number of hydrogen-bond donors (Lipinski definition) is 1. The Morgan fingerprint density at radius 1 is 0.875 bits per heavy atom. The normalized spacial score (nSPS) is 10.9. The molecule has 5 aromatic rings. The van der Waals surface area contributed by atoms with Crippen LogP contribution in [-0.2, 0) is 0 Å². The Labute approximate surface area is 187 Å². The molecule has 0 saturated carbocycles. The number of ketones is 1. The summed E-state index contributed by atoms with van der Waals surface area (Å²) >= 11 is 5.93. The van der Waals surface area contributed by atoms with Crippen molar-refractivity contribution in [2.45, 2.75) is 0 Å². The number of anilines is 1. The smallest absolute Gasteiger partial charge is 0.277 e. The van der Waals surface area contributed by atoms with E-state index in [1.165, 1.54) is 0 Å². The van der Waals surface area contributed by atoms with E-state index >= 15 is 0 Å². The molecular weight excluding hydrogens is 428 g/mol. The lowest BCUT2D eigenvalue weighted by Gasteiger charge is -2.04. The number of nitrogens with zero attached hydrogens (tertiary/aromatic N) is 1. The zero-order valence-electron chi connectivity index (χ0n) is 16.5. The number of fused-ring (bicyclic) bond motifs is 1. The molecule has 0 aliphatic carbocycles. The topological polar surface area (TPSA) is 85.3 Å². The molecule has 32 heavy (non-hydrogen) atoms. The fourth-order valence-corrected chi connectivity index (χ4v) is 3.49. The van der Waals surface area contributed by atoms with Crippen LogP contribution < -0.4 is 5.32 Å². The Bertz CT molecular complexity index is 1440. The van der Waals surface area contributed by atoms with E-state index in [1.807, 2.05) is 30.3 Å². The summed E-state index contributed by atoms with van der Waals surface area (Å²) in [7, 11) is 0. The molecule has 1 N–H and O–H groups in total. The molecule has 7 heteroatoms. The molecule has 156 valence electrons. The van der Waals surface area contributed by atoms with Crippen molar-refractivity contribution in [2.24, 2.45) is 0 Å². The minimum Gasteiger partial charge on any atom is -0.450 e. The van der Waals surface area contributed by atoms with Gasteiger partial charge in [0.1, 0.15) is 5.58 Å². The van der Waals surface area contributed by atoms with Crippen molar-refractivity contribution in [3.63, 3.8) is 0 Å². The molecule has 0 radical (unpaired) electrons. The van der Waals surface area contributed by atoms with Crippen LogP contribution in [0.1, 0.15) is 26.6 Å². The van der Waals surface area contributed by atoms with Gasteiger partial charge >= 0.3 is 0 Å². The highest BCUT2D eigenvalue weighted by Gasteiger charge is 2.25. The predicted octanol–water partition coefficient (Wildman–Crippen LogP) is 6.22. The SMILES string of the molecule is O=C(Nc1c(C(=O)c2ccc(Cl)cc2)oc2ccccc12)c1cc(-c2ccccc2)on1. The summed E-state index contributed by atoms with van der Waals surface area (Å²) in [6.07, 6.45) is 0. The molecule has 0 atom stereocenters. The number of rotatable bonds is 5. The molecule has 0 spiro atoms. The van der Waals surface area contributed by atoms with Crippen molar-refractivity contribution in [3.05, 3.63) is 107 Å². The van der Waals surface area contributed by atoms with Crippen LogP contribution in [0.5, 0.6) is 0 Å². The van der Waals surface area contributed by atoms with Crippen LogP contribution in [0.2, 0.25) is 5.02 Å². The highest BCUT2D eigenvalue weighted by Crippen LogP contribution is 2.33. The van der Waals surface area contributed by atoms with E-state index in [1.54, 1.807) is 54.6 Å². The summed E-state index contributed by atoms with van der Waals surface area (Å²) in [4.78, 5) is 26.1. The summed E-state index contributed by atoms with van der Waals surface area (Å²) in [5.41, 5.74) is 2.02. The van der Waals surface area contributed by atoms with E-state index < -0.39 is 5.91 Å². The maximum atomic E-state index is 13.1. The summed E-state index contributed by atoms with van der Waals surface area (Å²) in [5.74, 6) is -0.412. The number of aromatic nitrogens is 1. The minimum atomic E-state index is -0.521. The highest BCUT2D eigenvalue weighted by atomic mass is 35.5. The van der Waals surface area contributed by atoms with Crippen molar-refractivity contribution in [1.82, 2.24) is 5.16 Å². The molecule has 0 fully saturated rings. The lowest BCUT2D eigenvalue weighted by Crippen LogP contribution is -2.14. The summed E-state index contributed by atoms with van der Waals surface area (Å²) < 4.78 is 11.1. The summed E-state index contributed by atoms with van der Waals surface area (Å²) in [5, 5.41) is 7.77. The van der Waals surface area contributed by atoms with Crippen LogP contribution in [-0.4, -0.2) is 16.8 Å². The van der Waals surface area contributed by atoms with Gasteiger partial charge in [0, 0.05) is 27.6 Å². The van der Waals surface area contributed by atoms with Crippen LogP contribution in [0.15, 0.2) is 93.9 Å². The number of carbonyl (C=O) groups excluding carboxylic acids is 2. The van der Waals surface area contributed by atoms with Gasteiger partial charge in [0.25, 0.3) is 5.91 Å². The van der Waals surface area contributed by atoms with Gasteiger partial charge in [0.05, 0.1) is 5.69 Å². The molecule has 0 aliphatic rings. The van der Waals surface area contributed by atoms with E-state index in [0.29, 0.717) is 27.3 Å². The Balaban J connectivity index is 1.50. The molecule has 0 saturated heterocycles. The Kier molecular flexibility index (Phi) is 5.05. The number of nitrogens with one attached hydrogen (secondary N) is 1. The van der Waals surface area contributed by atoms with E-state index in [4.69, 9.17) is 20.5 Å². The van der Waals surface area contributed by atoms with Crippen LogP contribution in [0, 0.1) is 0 Å². The fraction of sp³-hybridized carbons (Fsp3) is 0. The van der Waals surface area contributed by atoms with Crippen LogP contribution in [0.25, 0.3) is 22.3 Å². The molecule has 6 nitrogen and oxygen atoms in total. The number of benzene rings is 3. The van der Waals surface area contributed by atoms with E-state index in [-0.39, 0.29) is 22.9 Å². The zero-order chi connectivity index (χ0) is 22.1. The number of amides is 1. The molecule has 2 heterocycles. The van der Waals surface area contributed by atoms with Gasteiger partial charge < -0.3 is 14.3 Å². The lowest BCUT2D eigenvalue weighted by atomic mass is 10.1. The Morgan fingerprint density at radius 3 is 2.38 bits per heavy atom. The molecule has 0 unspecified atom stereocenters. The van der Waals surface area contributed by atoms with Crippen LogP contribution >= 0.6 is 11.6 Å². The summed E-state index contributed by atoms with van der Waals surface area (Å²) in [6, 6.07) is 24.4. The lowest BCUT2D eigenvalue weighted by molar-refractivity contribution is 0.101. The van der Waals surface area contributed by atoms with E-state index in [0.717, 1.165) is 5.56 Å². The first-order valence-corrected chi connectivity index (χ1v) is 10.1. The van der Waals surface area contributed by atoms with Gasteiger partial charge in [-0.1, -0.05) is 59.2 Å². The molecular formula is C25H15ClN2O4. The molecule has 2 aromatic heterocycles. The maximum absolute atomic E-state index is 13.1. The average Bonchev–Trinajstić information content (AvgIpc) is 3.46. The first-order valence-electron chi connectivity index (χ1n) is 9.75. The molecule has 3 aromatic carbocycles. The third-order valence-corrected chi connectivity index (χ3v) is 5.20. The summed E-state index contributed by atoms with van der Waals surface area (Å²) in [6.45, 7) is 0. The third kappa shape index (κ3) is 3.68. The monoisotopic (exact) mass is 442 g/mol. The minimum absolute atomic E-state index is 0.0219. The van der Waals surface area contributed by atoms with Crippen molar-refractivity contribution in [2.75, 3.05) is 5.32 Å². The maximum Gasteiger partial charge on any atom is 0.277 e. The molecule has 1 amide bonds. The number of halogens is 1. The van der Waals surface area contributed by atoms with Gasteiger partial charge in [0.15, 0.2) is 17.2 Å². The predicted molar refractivity (Wildman–Crippen MR) is 121 cm³/mol. The third-order valence-electron chi connectivity index (χ3n) is 4.95. The number of carbonyl (C=O) groups is 2. The van der Waals surface area contributed by atoms with Gasteiger partial charge in [-0.15, -0.1) is 0 Å². The van der Waals surface area contributed by atoms with Crippen molar-refractivity contribution < 1.29 is 18.5 Å². The van der Waals surface area contributed by atoms with Gasteiger partial charge in [-0.2, -0.15) is 0 Å². The second-order valence-corrected chi connectivity index (χ2v) is 7.47. The molecule has 0 bridgehead atoms. The van der Waals surface area contributed by atoms with Crippen LogP contribution in [0.3, 0.4) is 0 Å². The Hall–Kier alpha value is -4.16. The number of furan rings is 1. The highest BCUT2D eigenvalue weighted by molar-refractivity contribution is 6.30. The zero-order valence-corrected chi connectivity index (χ0v) is 17.3. The van der Waals surface area contributed by atoms with Crippen molar-refractivity contribution in [3.8, 4) is 11.3 Å². The number of para-hydroxylation sites is 1. The van der Waals surface area contributed by atoms with Crippen molar-refractivity contribution >= 4 is 39.9 Å². The molecule has 0 aliphatic heterocycles. The van der Waals surface area contributed by atoms with Crippen molar-refractivity contribution in [1.29, 1.82) is 0 Å². The number of hydrogen-bond acceptors (Lipinski definition) is 5. The Morgan fingerprint density at radius 2 is 1.59 bits per heavy atom.